The third-order valence-electron chi connectivity index (χ3n) is 2.60. The predicted molar refractivity (Wildman–Crippen MR) is 62.5 cm³/mol. The first-order chi connectivity index (χ1) is 7.66. The minimum absolute atomic E-state index is 0.00967. The standard InChI is InChI=1S/C13H15FN2/c1-10(15)13-3-2-8-16(13)9-11-4-6-12(14)7-5-11/h2-8,10H,9,15H2,1H3. The molecule has 1 heterocycles. The number of aromatic nitrogens is 1. The molecule has 2 aromatic rings. The van der Waals surface area contributed by atoms with E-state index in [0.29, 0.717) is 0 Å². The zero-order chi connectivity index (χ0) is 11.5. The maximum atomic E-state index is 12.7. The van der Waals surface area contributed by atoms with Gasteiger partial charge in [-0.05, 0) is 36.8 Å². The summed E-state index contributed by atoms with van der Waals surface area (Å²) >= 11 is 0. The number of nitrogens with zero attached hydrogens (tertiary/aromatic N) is 1. The van der Waals surface area contributed by atoms with Crippen molar-refractivity contribution >= 4 is 0 Å². The van der Waals surface area contributed by atoms with E-state index in [4.69, 9.17) is 5.73 Å². The van der Waals surface area contributed by atoms with Gasteiger partial charge in [0, 0.05) is 24.5 Å². The highest BCUT2D eigenvalue weighted by atomic mass is 19.1. The minimum atomic E-state index is -0.205. The molecule has 0 spiro atoms. The Morgan fingerprint density at radius 2 is 1.94 bits per heavy atom. The summed E-state index contributed by atoms with van der Waals surface area (Å²) < 4.78 is 14.8. The lowest BCUT2D eigenvalue weighted by Crippen LogP contribution is -2.12. The van der Waals surface area contributed by atoms with Gasteiger partial charge in [0.15, 0.2) is 0 Å². The van der Waals surface area contributed by atoms with Crippen molar-refractivity contribution in [3.63, 3.8) is 0 Å². The van der Waals surface area contributed by atoms with E-state index in [9.17, 15) is 4.39 Å². The summed E-state index contributed by atoms with van der Waals surface area (Å²) in [7, 11) is 0. The van der Waals surface area contributed by atoms with E-state index in [1.807, 2.05) is 25.3 Å². The summed E-state index contributed by atoms with van der Waals surface area (Å²) in [5, 5.41) is 0. The number of benzene rings is 1. The SMILES string of the molecule is CC(N)c1cccn1Cc1ccc(F)cc1. The number of halogens is 1. The lowest BCUT2D eigenvalue weighted by Gasteiger charge is -2.11. The van der Waals surface area contributed by atoms with Gasteiger partial charge in [-0.15, -0.1) is 0 Å². The van der Waals surface area contributed by atoms with Gasteiger partial charge in [0.05, 0.1) is 0 Å². The molecule has 0 aliphatic rings. The van der Waals surface area contributed by atoms with E-state index in [0.717, 1.165) is 17.8 Å². The zero-order valence-corrected chi connectivity index (χ0v) is 9.23. The van der Waals surface area contributed by atoms with E-state index in [2.05, 4.69) is 4.57 Å². The normalized spacial score (nSPS) is 12.7. The Labute approximate surface area is 94.5 Å². The molecule has 1 aromatic carbocycles. The fraction of sp³-hybridized carbons (Fsp3) is 0.231. The highest BCUT2D eigenvalue weighted by molar-refractivity contribution is 5.19. The van der Waals surface area contributed by atoms with Crippen LogP contribution in [0.25, 0.3) is 0 Å². The third kappa shape index (κ3) is 2.31. The summed E-state index contributed by atoms with van der Waals surface area (Å²) in [5.74, 6) is -0.205. The first-order valence-corrected chi connectivity index (χ1v) is 5.32. The van der Waals surface area contributed by atoms with Crippen molar-refractivity contribution in [2.75, 3.05) is 0 Å². The van der Waals surface area contributed by atoms with Gasteiger partial charge >= 0.3 is 0 Å². The molecule has 0 radical (unpaired) electrons. The average Bonchev–Trinajstić information content (AvgIpc) is 2.69. The lowest BCUT2D eigenvalue weighted by molar-refractivity contribution is 0.625. The van der Waals surface area contributed by atoms with Crippen molar-refractivity contribution in [1.29, 1.82) is 0 Å². The molecule has 1 aromatic heterocycles. The molecule has 84 valence electrons. The second-order valence-corrected chi connectivity index (χ2v) is 3.98. The molecule has 1 unspecified atom stereocenters. The smallest absolute Gasteiger partial charge is 0.123 e. The van der Waals surface area contributed by atoms with Crippen LogP contribution in [0.4, 0.5) is 4.39 Å². The Hall–Kier alpha value is -1.61. The zero-order valence-electron chi connectivity index (χ0n) is 9.23. The van der Waals surface area contributed by atoms with E-state index in [-0.39, 0.29) is 11.9 Å². The maximum absolute atomic E-state index is 12.7. The lowest BCUT2D eigenvalue weighted by atomic mass is 10.2. The molecule has 0 aliphatic carbocycles. The number of nitrogens with two attached hydrogens (primary N) is 1. The van der Waals surface area contributed by atoms with Crippen molar-refractivity contribution in [3.05, 3.63) is 59.7 Å². The van der Waals surface area contributed by atoms with Gasteiger partial charge < -0.3 is 10.3 Å². The van der Waals surface area contributed by atoms with Crippen LogP contribution in [0.5, 0.6) is 0 Å². The predicted octanol–water partition coefficient (Wildman–Crippen LogP) is 2.70. The van der Waals surface area contributed by atoms with Gasteiger partial charge in [0.1, 0.15) is 5.82 Å². The number of rotatable bonds is 3. The molecule has 0 bridgehead atoms. The van der Waals surface area contributed by atoms with Crippen LogP contribution < -0.4 is 5.73 Å². The fourth-order valence-electron chi connectivity index (χ4n) is 1.77. The molecule has 16 heavy (non-hydrogen) atoms. The topological polar surface area (TPSA) is 30.9 Å². The van der Waals surface area contributed by atoms with Crippen molar-refractivity contribution in [3.8, 4) is 0 Å². The molecule has 2 nitrogen and oxygen atoms in total. The fourth-order valence-corrected chi connectivity index (χ4v) is 1.77. The second kappa shape index (κ2) is 4.49. The number of hydrogen-bond donors (Lipinski definition) is 1. The molecule has 2 rings (SSSR count). The Bertz CT molecular complexity index is 457. The average molecular weight is 218 g/mol. The minimum Gasteiger partial charge on any atom is -0.346 e. The summed E-state index contributed by atoms with van der Waals surface area (Å²) in [6.07, 6.45) is 1.99. The Balaban J connectivity index is 2.20. The quantitative estimate of drug-likeness (QED) is 0.843. The van der Waals surface area contributed by atoms with E-state index in [1.165, 1.54) is 12.1 Å². The molecule has 0 saturated heterocycles. The number of hydrogen-bond acceptors (Lipinski definition) is 1. The summed E-state index contributed by atoms with van der Waals surface area (Å²) in [4.78, 5) is 0. The summed E-state index contributed by atoms with van der Waals surface area (Å²) in [6, 6.07) is 10.5. The van der Waals surface area contributed by atoms with E-state index < -0.39 is 0 Å². The largest absolute Gasteiger partial charge is 0.346 e. The molecular weight excluding hydrogens is 203 g/mol. The highest BCUT2D eigenvalue weighted by Crippen LogP contribution is 2.13. The first-order valence-electron chi connectivity index (χ1n) is 5.32. The van der Waals surface area contributed by atoms with Crippen LogP contribution >= 0.6 is 0 Å². The van der Waals surface area contributed by atoms with Gasteiger partial charge in [-0.25, -0.2) is 4.39 Å². The summed E-state index contributed by atoms with van der Waals surface area (Å²) in [6.45, 7) is 2.68. The van der Waals surface area contributed by atoms with Gasteiger partial charge in [0.25, 0.3) is 0 Å². The van der Waals surface area contributed by atoms with Crippen molar-refractivity contribution < 1.29 is 4.39 Å². The Kier molecular flexibility index (Phi) is 3.06. The van der Waals surface area contributed by atoms with Gasteiger partial charge in [0.2, 0.25) is 0 Å². The molecule has 0 fully saturated rings. The highest BCUT2D eigenvalue weighted by Gasteiger charge is 2.05. The van der Waals surface area contributed by atoms with Crippen LogP contribution in [0.15, 0.2) is 42.6 Å². The molecule has 3 heteroatoms. The van der Waals surface area contributed by atoms with Gasteiger partial charge in [-0.1, -0.05) is 12.1 Å². The molecular formula is C13H15FN2. The molecule has 1 atom stereocenters. The van der Waals surface area contributed by atoms with Crippen molar-refractivity contribution in [1.82, 2.24) is 4.57 Å². The summed E-state index contributed by atoms with van der Waals surface area (Å²) in [5.41, 5.74) is 8.01. The monoisotopic (exact) mass is 218 g/mol. The second-order valence-electron chi connectivity index (χ2n) is 3.98. The van der Waals surface area contributed by atoms with Gasteiger partial charge in [-0.2, -0.15) is 0 Å². The molecule has 2 N–H and O–H groups in total. The van der Waals surface area contributed by atoms with Crippen LogP contribution in [0.1, 0.15) is 24.2 Å². The first kappa shape index (κ1) is 10.9. The van der Waals surface area contributed by atoms with Crippen LogP contribution in [0.2, 0.25) is 0 Å². The maximum Gasteiger partial charge on any atom is 0.123 e. The Morgan fingerprint density at radius 1 is 1.25 bits per heavy atom. The van der Waals surface area contributed by atoms with Crippen molar-refractivity contribution in [2.24, 2.45) is 5.73 Å². The van der Waals surface area contributed by atoms with Crippen LogP contribution in [-0.2, 0) is 6.54 Å². The Morgan fingerprint density at radius 3 is 2.56 bits per heavy atom. The van der Waals surface area contributed by atoms with Crippen molar-refractivity contribution in [2.45, 2.75) is 19.5 Å². The molecule has 0 aliphatic heterocycles. The third-order valence-corrected chi connectivity index (χ3v) is 2.60. The molecule has 0 saturated carbocycles. The molecule has 0 amide bonds. The van der Waals surface area contributed by atoms with E-state index >= 15 is 0 Å². The van der Waals surface area contributed by atoms with Gasteiger partial charge in [-0.3, -0.25) is 0 Å². The van der Waals surface area contributed by atoms with Crippen LogP contribution in [-0.4, -0.2) is 4.57 Å². The van der Waals surface area contributed by atoms with Crippen LogP contribution in [0, 0.1) is 5.82 Å². The van der Waals surface area contributed by atoms with Crippen LogP contribution in [0.3, 0.4) is 0 Å². The van der Waals surface area contributed by atoms with E-state index in [1.54, 1.807) is 12.1 Å².